The highest BCUT2D eigenvalue weighted by Crippen LogP contribution is 2.40. The van der Waals surface area contributed by atoms with E-state index in [0.717, 1.165) is 6.92 Å². The van der Waals surface area contributed by atoms with Gasteiger partial charge in [0.25, 0.3) is 0 Å². The third-order valence-electron chi connectivity index (χ3n) is 5.38. The van der Waals surface area contributed by atoms with Gasteiger partial charge in [-0.1, -0.05) is 32.7 Å². The monoisotopic (exact) mass is 432 g/mol. The number of hydrogen-bond donors (Lipinski definition) is 1. The van der Waals surface area contributed by atoms with Crippen LogP contribution in [-0.2, 0) is 33.4 Å². The lowest BCUT2D eigenvalue weighted by Gasteiger charge is -2.39. The summed E-state index contributed by atoms with van der Waals surface area (Å²) in [5.41, 5.74) is -2.27. The quantitative estimate of drug-likeness (QED) is 0.407. The molecule has 1 aliphatic heterocycles. The average molecular weight is 432 g/mol. The molecule has 0 bridgehead atoms. The maximum atomic E-state index is 12.8. The molecule has 0 spiro atoms. The summed E-state index contributed by atoms with van der Waals surface area (Å²) >= 11 is 0. The predicted molar refractivity (Wildman–Crippen MR) is 110 cm³/mol. The second-order valence-corrected chi connectivity index (χ2v) is 8.34. The maximum Gasteiger partial charge on any atom is 0.334 e. The van der Waals surface area contributed by atoms with Gasteiger partial charge in [-0.15, -0.1) is 0 Å². The number of allylic oxidation sites excluding steroid dienone is 1. The van der Waals surface area contributed by atoms with E-state index in [1.165, 1.54) is 19.9 Å². The van der Waals surface area contributed by atoms with Crippen LogP contribution in [0.4, 0.5) is 0 Å². The summed E-state index contributed by atoms with van der Waals surface area (Å²) < 4.78 is 16.4. The third kappa shape index (κ3) is 5.02. The van der Waals surface area contributed by atoms with Crippen molar-refractivity contribution in [3.63, 3.8) is 0 Å². The number of carbonyl (C=O) groups is 4. The molecule has 1 saturated heterocycles. The van der Waals surface area contributed by atoms with Crippen LogP contribution >= 0.6 is 0 Å². The van der Waals surface area contributed by atoms with Crippen molar-refractivity contribution < 1.29 is 38.5 Å². The van der Waals surface area contributed by atoms with Gasteiger partial charge in [0.1, 0.15) is 6.10 Å². The molecule has 1 aliphatic carbocycles. The Hall–Kier alpha value is -3.00. The first-order valence-corrected chi connectivity index (χ1v) is 9.85. The number of ketones is 1. The number of aliphatic hydroxyl groups is 1. The van der Waals surface area contributed by atoms with Crippen LogP contribution in [0.25, 0.3) is 0 Å². The van der Waals surface area contributed by atoms with E-state index in [1.54, 1.807) is 13.0 Å². The van der Waals surface area contributed by atoms with Crippen LogP contribution in [0.3, 0.4) is 0 Å². The Morgan fingerprint density at radius 2 is 1.71 bits per heavy atom. The minimum Gasteiger partial charge on any atom is -0.458 e. The minimum absolute atomic E-state index is 0.00334. The highest BCUT2D eigenvalue weighted by atomic mass is 16.6. The van der Waals surface area contributed by atoms with E-state index in [1.807, 2.05) is 0 Å². The smallest absolute Gasteiger partial charge is 0.334 e. The molecule has 31 heavy (non-hydrogen) atoms. The lowest BCUT2D eigenvalue weighted by molar-refractivity contribution is -0.193. The van der Waals surface area contributed by atoms with Crippen molar-refractivity contribution in [2.45, 2.75) is 58.0 Å². The summed E-state index contributed by atoms with van der Waals surface area (Å²) in [5, 5.41) is 11.2. The highest BCUT2D eigenvalue weighted by Gasteiger charge is 2.56. The molecule has 0 saturated carbocycles. The Morgan fingerprint density at radius 1 is 1.16 bits per heavy atom. The maximum absolute atomic E-state index is 12.8. The second-order valence-electron chi connectivity index (χ2n) is 8.34. The third-order valence-corrected chi connectivity index (χ3v) is 5.38. The van der Waals surface area contributed by atoms with Gasteiger partial charge in [0.15, 0.2) is 23.6 Å². The lowest BCUT2D eigenvalue weighted by atomic mass is 9.77. The molecule has 2 rings (SSSR count). The van der Waals surface area contributed by atoms with Crippen LogP contribution in [0.15, 0.2) is 48.6 Å². The van der Waals surface area contributed by atoms with Crippen molar-refractivity contribution in [2.24, 2.45) is 11.8 Å². The number of rotatable bonds is 4. The lowest BCUT2D eigenvalue weighted by Crippen LogP contribution is -2.58. The van der Waals surface area contributed by atoms with Gasteiger partial charge in [-0.25, -0.2) is 14.4 Å². The molecule has 1 fully saturated rings. The van der Waals surface area contributed by atoms with Crippen LogP contribution in [-0.4, -0.2) is 52.7 Å². The first-order valence-electron chi connectivity index (χ1n) is 9.85. The van der Waals surface area contributed by atoms with Crippen molar-refractivity contribution in [2.75, 3.05) is 0 Å². The summed E-state index contributed by atoms with van der Waals surface area (Å²) in [6.07, 6.45) is -0.865. The topological polar surface area (TPSA) is 116 Å². The van der Waals surface area contributed by atoms with Crippen LogP contribution in [0.5, 0.6) is 0 Å². The molecule has 0 radical (unpaired) electrons. The van der Waals surface area contributed by atoms with Crippen LogP contribution in [0.2, 0.25) is 0 Å². The van der Waals surface area contributed by atoms with E-state index in [-0.39, 0.29) is 22.6 Å². The SMILES string of the molecule is C=C(C)C(=O)O[C@H]1[C@@H]2C(=C)C(=O)O[C@@H]2C[C@@H](C)/C=C\C(=O)[C@](C)(O)[C@H]1OC(=O)C(=C)C. The molecule has 6 atom stereocenters. The van der Waals surface area contributed by atoms with E-state index in [4.69, 9.17) is 14.2 Å². The summed E-state index contributed by atoms with van der Waals surface area (Å²) in [4.78, 5) is 50.0. The molecule has 8 heteroatoms. The first kappa shape index (κ1) is 24.3. The Kier molecular flexibility index (Phi) is 7.06. The predicted octanol–water partition coefficient (Wildman–Crippen LogP) is 1.98. The highest BCUT2D eigenvalue weighted by molar-refractivity contribution is 5.98. The second kappa shape index (κ2) is 9.01. The fraction of sp³-hybridized carbons (Fsp3) is 0.478. The Morgan fingerprint density at radius 3 is 2.26 bits per heavy atom. The van der Waals surface area contributed by atoms with Gasteiger partial charge in [-0.2, -0.15) is 0 Å². The summed E-state index contributed by atoms with van der Waals surface area (Å²) in [7, 11) is 0. The standard InChI is InChI=1S/C23H28O8/c1-11(2)20(25)30-18-17-14(6)22(27)29-15(17)10-13(5)8-9-16(24)23(7,28)19(18)31-21(26)12(3)4/h8-9,13,15,17-19,28H,1,3,6,10H2,2,4-5,7H3/b9-8-/t13-,15+,17+,18-,19-,23-/m0/s1. The summed E-state index contributed by atoms with van der Waals surface area (Å²) in [6, 6.07) is 0. The number of carbonyl (C=O) groups excluding carboxylic acids is 4. The molecule has 0 aromatic carbocycles. The van der Waals surface area contributed by atoms with E-state index in [0.29, 0.717) is 6.42 Å². The number of ether oxygens (including phenoxy) is 3. The molecular formula is C23H28O8. The van der Waals surface area contributed by atoms with Crippen LogP contribution in [0, 0.1) is 11.8 Å². The zero-order valence-electron chi connectivity index (χ0n) is 18.2. The van der Waals surface area contributed by atoms with Crippen molar-refractivity contribution in [1.29, 1.82) is 0 Å². The van der Waals surface area contributed by atoms with Crippen molar-refractivity contribution >= 4 is 23.7 Å². The first-order chi connectivity index (χ1) is 14.3. The van der Waals surface area contributed by atoms with E-state index in [9.17, 15) is 24.3 Å². The van der Waals surface area contributed by atoms with Gasteiger partial charge >= 0.3 is 17.9 Å². The van der Waals surface area contributed by atoms with Gasteiger partial charge in [-0.05, 0) is 39.2 Å². The number of fused-ring (bicyclic) bond motifs is 1. The van der Waals surface area contributed by atoms with Crippen LogP contribution in [0.1, 0.15) is 34.1 Å². The zero-order valence-corrected chi connectivity index (χ0v) is 18.2. The molecule has 0 amide bonds. The fourth-order valence-corrected chi connectivity index (χ4v) is 3.52. The molecule has 8 nitrogen and oxygen atoms in total. The fourth-order valence-electron chi connectivity index (χ4n) is 3.52. The van der Waals surface area contributed by atoms with E-state index >= 15 is 0 Å². The molecule has 0 aromatic rings. The normalized spacial score (nSPS) is 34.2. The molecule has 168 valence electrons. The Bertz CT molecular complexity index is 878. The Labute approximate surface area is 181 Å². The number of esters is 3. The summed E-state index contributed by atoms with van der Waals surface area (Å²) in [5.74, 6) is -4.39. The number of hydrogen-bond acceptors (Lipinski definition) is 8. The van der Waals surface area contributed by atoms with Crippen molar-refractivity contribution in [3.8, 4) is 0 Å². The molecule has 1 N–H and O–H groups in total. The average Bonchev–Trinajstić information content (AvgIpc) is 2.94. The Balaban J connectivity index is 2.71. The van der Waals surface area contributed by atoms with E-state index in [2.05, 4.69) is 19.7 Å². The van der Waals surface area contributed by atoms with E-state index < -0.39 is 53.5 Å². The molecular weight excluding hydrogens is 404 g/mol. The summed E-state index contributed by atoms with van der Waals surface area (Å²) in [6.45, 7) is 16.6. The molecule has 1 heterocycles. The molecule has 0 aromatic heterocycles. The van der Waals surface area contributed by atoms with Gasteiger partial charge < -0.3 is 19.3 Å². The van der Waals surface area contributed by atoms with Gasteiger partial charge in [-0.3, -0.25) is 4.79 Å². The molecule has 2 aliphatic rings. The van der Waals surface area contributed by atoms with Crippen LogP contribution < -0.4 is 0 Å². The van der Waals surface area contributed by atoms with Gasteiger partial charge in [0.2, 0.25) is 0 Å². The van der Waals surface area contributed by atoms with Gasteiger partial charge in [0.05, 0.1) is 5.92 Å². The molecule has 0 unspecified atom stereocenters. The zero-order chi connectivity index (χ0) is 23.7. The minimum atomic E-state index is -2.30. The van der Waals surface area contributed by atoms with Crippen molar-refractivity contribution in [3.05, 3.63) is 48.6 Å². The van der Waals surface area contributed by atoms with Gasteiger partial charge in [0, 0.05) is 16.7 Å². The largest absolute Gasteiger partial charge is 0.458 e. The van der Waals surface area contributed by atoms with Crippen molar-refractivity contribution in [1.82, 2.24) is 0 Å².